The summed E-state index contributed by atoms with van der Waals surface area (Å²) < 4.78 is 5.20. The Hall–Kier alpha value is -1.68. The fourth-order valence-electron chi connectivity index (χ4n) is 1.21. The lowest BCUT2D eigenvalue weighted by atomic mass is 10.1. The van der Waals surface area contributed by atoms with Gasteiger partial charge in [0.05, 0.1) is 0 Å². The summed E-state index contributed by atoms with van der Waals surface area (Å²) in [5.41, 5.74) is 2.00. The van der Waals surface area contributed by atoms with E-state index in [9.17, 15) is 0 Å². The molecule has 1 aromatic heterocycles. The average Bonchev–Trinajstić information content (AvgIpc) is 2.66. The van der Waals surface area contributed by atoms with Crippen LogP contribution in [-0.4, -0.2) is 15.3 Å². The SMILES string of the molecule is Cc1cccc(-c2nnc(CO)o2)c1. The number of aliphatic hydroxyl groups is 1. The fourth-order valence-corrected chi connectivity index (χ4v) is 1.21. The molecule has 0 amide bonds. The molecular weight excluding hydrogens is 180 g/mol. The molecule has 4 heteroatoms. The quantitative estimate of drug-likeness (QED) is 0.780. The highest BCUT2D eigenvalue weighted by Crippen LogP contribution is 2.18. The van der Waals surface area contributed by atoms with Gasteiger partial charge in [-0.3, -0.25) is 0 Å². The Bertz CT molecular complexity index is 437. The predicted octanol–water partition coefficient (Wildman–Crippen LogP) is 1.54. The zero-order chi connectivity index (χ0) is 9.97. The monoisotopic (exact) mass is 190 g/mol. The summed E-state index contributed by atoms with van der Waals surface area (Å²) in [4.78, 5) is 0. The molecule has 0 spiro atoms. The summed E-state index contributed by atoms with van der Waals surface area (Å²) in [5.74, 6) is 0.680. The van der Waals surface area contributed by atoms with Crippen molar-refractivity contribution >= 4 is 0 Å². The van der Waals surface area contributed by atoms with E-state index >= 15 is 0 Å². The van der Waals surface area contributed by atoms with Crippen LogP contribution in [0.3, 0.4) is 0 Å². The largest absolute Gasteiger partial charge is 0.418 e. The lowest BCUT2D eigenvalue weighted by Gasteiger charge is -1.95. The van der Waals surface area contributed by atoms with Crippen molar-refractivity contribution in [3.05, 3.63) is 35.7 Å². The molecule has 1 N–H and O–H groups in total. The molecule has 0 unspecified atom stereocenters. The van der Waals surface area contributed by atoms with Crippen molar-refractivity contribution in [1.82, 2.24) is 10.2 Å². The Balaban J connectivity index is 2.39. The van der Waals surface area contributed by atoms with Gasteiger partial charge in [0.1, 0.15) is 6.61 Å². The van der Waals surface area contributed by atoms with E-state index in [2.05, 4.69) is 10.2 Å². The van der Waals surface area contributed by atoms with Crippen molar-refractivity contribution in [2.45, 2.75) is 13.5 Å². The van der Waals surface area contributed by atoms with E-state index in [0.717, 1.165) is 11.1 Å². The van der Waals surface area contributed by atoms with Gasteiger partial charge in [-0.05, 0) is 19.1 Å². The second-order valence-electron chi connectivity index (χ2n) is 3.03. The molecule has 0 saturated heterocycles. The molecule has 0 bridgehead atoms. The van der Waals surface area contributed by atoms with Gasteiger partial charge in [0.15, 0.2) is 0 Å². The smallest absolute Gasteiger partial charge is 0.247 e. The molecule has 72 valence electrons. The summed E-state index contributed by atoms with van der Waals surface area (Å²) in [6.07, 6.45) is 0. The van der Waals surface area contributed by atoms with E-state index in [1.165, 1.54) is 0 Å². The third-order valence-corrected chi connectivity index (χ3v) is 1.87. The summed E-state index contributed by atoms with van der Waals surface area (Å²) in [7, 11) is 0. The van der Waals surface area contributed by atoms with Crippen molar-refractivity contribution in [1.29, 1.82) is 0 Å². The lowest BCUT2D eigenvalue weighted by Crippen LogP contribution is -1.79. The van der Waals surface area contributed by atoms with Crippen LogP contribution in [0.15, 0.2) is 28.7 Å². The normalized spacial score (nSPS) is 10.4. The molecule has 2 rings (SSSR count). The predicted molar refractivity (Wildman–Crippen MR) is 50.4 cm³/mol. The molecule has 14 heavy (non-hydrogen) atoms. The summed E-state index contributed by atoms with van der Waals surface area (Å²) in [6.45, 7) is 1.77. The summed E-state index contributed by atoms with van der Waals surface area (Å²) >= 11 is 0. The third-order valence-electron chi connectivity index (χ3n) is 1.87. The first-order valence-electron chi connectivity index (χ1n) is 4.30. The number of rotatable bonds is 2. The highest BCUT2D eigenvalue weighted by Gasteiger charge is 2.06. The van der Waals surface area contributed by atoms with Crippen molar-refractivity contribution in [3.8, 4) is 11.5 Å². The first-order valence-corrected chi connectivity index (χ1v) is 4.30. The Kier molecular flexibility index (Phi) is 2.28. The number of aliphatic hydroxyl groups excluding tert-OH is 1. The Labute approximate surface area is 81.2 Å². The summed E-state index contributed by atoms with van der Waals surface area (Å²) in [5, 5.41) is 16.3. The minimum absolute atomic E-state index is 0.223. The van der Waals surface area contributed by atoms with Crippen LogP contribution in [0.1, 0.15) is 11.5 Å². The maximum Gasteiger partial charge on any atom is 0.247 e. The molecule has 0 atom stereocenters. The van der Waals surface area contributed by atoms with Gasteiger partial charge in [0, 0.05) is 5.56 Å². The number of aromatic nitrogens is 2. The van der Waals surface area contributed by atoms with Gasteiger partial charge in [-0.2, -0.15) is 0 Å². The molecule has 0 saturated carbocycles. The van der Waals surface area contributed by atoms with Gasteiger partial charge < -0.3 is 9.52 Å². The van der Waals surface area contributed by atoms with Gasteiger partial charge in [0.25, 0.3) is 0 Å². The van der Waals surface area contributed by atoms with Crippen molar-refractivity contribution in [2.75, 3.05) is 0 Å². The molecule has 0 aliphatic heterocycles. The zero-order valence-corrected chi connectivity index (χ0v) is 7.77. The van der Waals surface area contributed by atoms with Crippen LogP contribution in [0.4, 0.5) is 0 Å². The Morgan fingerprint density at radius 2 is 2.21 bits per heavy atom. The molecular formula is C10H10N2O2. The van der Waals surface area contributed by atoms with E-state index < -0.39 is 0 Å². The van der Waals surface area contributed by atoms with Crippen molar-refractivity contribution in [3.63, 3.8) is 0 Å². The zero-order valence-electron chi connectivity index (χ0n) is 7.77. The average molecular weight is 190 g/mol. The van der Waals surface area contributed by atoms with Gasteiger partial charge in [-0.1, -0.05) is 17.7 Å². The number of hydrogen-bond acceptors (Lipinski definition) is 4. The Morgan fingerprint density at radius 3 is 2.86 bits per heavy atom. The van der Waals surface area contributed by atoms with Gasteiger partial charge in [-0.25, -0.2) is 0 Å². The van der Waals surface area contributed by atoms with E-state index in [1.807, 2.05) is 31.2 Å². The lowest BCUT2D eigenvalue weighted by molar-refractivity contribution is 0.241. The molecule has 0 fully saturated rings. The van der Waals surface area contributed by atoms with Crippen LogP contribution in [0.25, 0.3) is 11.5 Å². The highest BCUT2D eigenvalue weighted by atomic mass is 16.4. The first kappa shape index (κ1) is 8.90. The summed E-state index contributed by atoms with van der Waals surface area (Å²) in [6, 6.07) is 7.76. The van der Waals surface area contributed by atoms with E-state index in [4.69, 9.17) is 9.52 Å². The van der Waals surface area contributed by atoms with Gasteiger partial charge >= 0.3 is 0 Å². The standard InChI is InChI=1S/C10H10N2O2/c1-7-3-2-4-8(5-7)10-12-11-9(6-13)14-10/h2-5,13H,6H2,1H3. The Morgan fingerprint density at radius 1 is 1.36 bits per heavy atom. The third kappa shape index (κ3) is 1.65. The minimum Gasteiger partial charge on any atom is -0.418 e. The van der Waals surface area contributed by atoms with Gasteiger partial charge in [-0.15, -0.1) is 10.2 Å². The number of hydrogen-bond donors (Lipinski definition) is 1. The molecule has 4 nitrogen and oxygen atoms in total. The van der Waals surface area contributed by atoms with Crippen LogP contribution in [0, 0.1) is 6.92 Å². The van der Waals surface area contributed by atoms with Crippen molar-refractivity contribution in [2.24, 2.45) is 0 Å². The molecule has 2 aromatic rings. The maximum absolute atomic E-state index is 8.76. The topological polar surface area (TPSA) is 59.2 Å². The van der Waals surface area contributed by atoms with Crippen LogP contribution in [0.5, 0.6) is 0 Å². The van der Waals surface area contributed by atoms with E-state index in [-0.39, 0.29) is 12.5 Å². The van der Waals surface area contributed by atoms with Gasteiger partial charge in [0.2, 0.25) is 11.8 Å². The first-order chi connectivity index (χ1) is 6.79. The number of benzene rings is 1. The van der Waals surface area contributed by atoms with Crippen LogP contribution >= 0.6 is 0 Å². The molecule has 0 aliphatic carbocycles. The van der Waals surface area contributed by atoms with Crippen LogP contribution in [-0.2, 0) is 6.61 Å². The molecule has 0 aliphatic rings. The number of nitrogens with zero attached hydrogens (tertiary/aromatic N) is 2. The maximum atomic E-state index is 8.76. The molecule has 1 aromatic carbocycles. The second kappa shape index (κ2) is 3.59. The fraction of sp³-hybridized carbons (Fsp3) is 0.200. The molecule has 0 radical (unpaired) electrons. The van der Waals surface area contributed by atoms with E-state index in [0.29, 0.717) is 5.89 Å². The van der Waals surface area contributed by atoms with Crippen molar-refractivity contribution < 1.29 is 9.52 Å². The molecule has 1 heterocycles. The van der Waals surface area contributed by atoms with Crippen LogP contribution in [0.2, 0.25) is 0 Å². The number of aryl methyl sites for hydroxylation is 1. The minimum atomic E-state index is -0.223. The highest BCUT2D eigenvalue weighted by molar-refractivity contribution is 5.53. The van der Waals surface area contributed by atoms with Crippen LogP contribution < -0.4 is 0 Å². The second-order valence-corrected chi connectivity index (χ2v) is 3.03. The van der Waals surface area contributed by atoms with E-state index in [1.54, 1.807) is 0 Å².